The number of hydrogen-bond acceptors (Lipinski definition) is 8. The Morgan fingerprint density at radius 2 is 0.615 bits per heavy atom. The van der Waals surface area contributed by atoms with Gasteiger partial charge >= 0.3 is 39.9 Å². The van der Waals surface area contributed by atoms with Gasteiger partial charge in [-0.2, -0.15) is 0 Å². The zero-order chi connectivity index (χ0) is 10.3. The average Bonchev–Trinajstić information content (AvgIpc) is 1.88. The van der Waals surface area contributed by atoms with Gasteiger partial charge in [-0.25, -0.2) is 0 Å². The first-order valence-electron chi connectivity index (χ1n) is 1.67. The predicted octanol–water partition coefficient (Wildman–Crippen LogP) is -2.68. The van der Waals surface area contributed by atoms with Gasteiger partial charge in [0.25, 0.3) is 0 Å². The fourth-order valence-corrected chi connectivity index (χ4v) is 0. The Kier molecular flexibility index (Phi) is 18.4. The Morgan fingerprint density at radius 1 is 0.538 bits per heavy atom. The molecule has 76 valence electrons. The molecule has 0 amide bonds. The smallest absolute Gasteiger partial charge is 0.763 e. The van der Waals surface area contributed by atoms with Crippen LogP contribution in [0.2, 0.25) is 0 Å². The maximum atomic E-state index is 9.09. The van der Waals surface area contributed by atoms with Crippen molar-refractivity contribution in [2.24, 2.45) is 0 Å². The topological polar surface area (TPSA) is 161 Å². The van der Waals surface area contributed by atoms with Crippen LogP contribution in [0, 0.1) is 39.9 Å². The molecular formula is O8S4Th. The molecule has 0 aromatic heterocycles. The predicted molar refractivity (Wildman–Crippen MR) is 35.7 cm³/mol. The van der Waals surface area contributed by atoms with Gasteiger partial charge in [-0.1, -0.05) is 0 Å². The minimum absolute atomic E-state index is 0. The molecule has 0 fully saturated rings. The van der Waals surface area contributed by atoms with Gasteiger partial charge in [-0.3, -0.25) is 16.8 Å². The number of rotatable bonds is 2. The summed E-state index contributed by atoms with van der Waals surface area (Å²) in [6, 6.07) is 0. The molecule has 0 radical (unpaired) electrons. The Hall–Kier alpha value is 1.76. The summed E-state index contributed by atoms with van der Waals surface area (Å²) in [6.45, 7) is 0. The zero-order valence-corrected chi connectivity index (χ0v) is 12.8. The van der Waals surface area contributed by atoms with Crippen molar-refractivity contribution in [1.82, 2.24) is 0 Å². The van der Waals surface area contributed by atoms with Gasteiger partial charge in [0.15, 0.2) is 0 Å². The van der Waals surface area contributed by atoms with E-state index in [4.69, 9.17) is 35.0 Å². The third-order valence-corrected chi connectivity index (χ3v) is 2.00. The van der Waals surface area contributed by atoms with Gasteiger partial charge in [-0.15, -0.1) is 0 Å². The standard InChI is InChI=1S/2H2O4S2.Th/c2*1-5(2)6(3)4;/h2*(H,1,2)(H,3,4);/q;;+4/p-4. The van der Waals surface area contributed by atoms with Gasteiger partial charge in [0.05, 0.1) is 0 Å². The van der Waals surface area contributed by atoms with Crippen LogP contribution in [0.3, 0.4) is 0 Å². The molecule has 0 aromatic rings. The normalized spacial score (nSPS) is 18.2. The fraction of sp³-hybridized carbons (Fsp3) is 0. The fourth-order valence-electron chi connectivity index (χ4n) is 0. The van der Waals surface area contributed by atoms with Crippen molar-refractivity contribution in [1.29, 1.82) is 0 Å². The van der Waals surface area contributed by atoms with E-state index in [0.29, 0.717) is 0 Å². The third-order valence-electron chi connectivity index (χ3n) is 0.222. The van der Waals surface area contributed by atoms with E-state index in [1.165, 1.54) is 0 Å². The molecule has 0 N–H and O–H groups in total. The van der Waals surface area contributed by atoms with E-state index >= 15 is 0 Å². The van der Waals surface area contributed by atoms with Crippen molar-refractivity contribution in [3.05, 3.63) is 0 Å². The Labute approximate surface area is 114 Å². The van der Waals surface area contributed by atoms with E-state index in [1.807, 2.05) is 0 Å². The van der Waals surface area contributed by atoms with Crippen LogP contribution >= 0.6 is 0 Å². The molecular weight excluding hydrogens is 488 g/mol. The van der Waals surface area contributed by atoms with E-state index in [1.54, 1.807) is 0 Å². The van der Waals surface area contributed by atoms with Crippen molar-refractivity contribution in [3.63, 3.8) is 0 Å². The Balaban J connectivity index is -0.000000143. The van der Waals surface area contributed by atoms with Gasteiger partial charge in [-0.05, 0) is 0 Å². The third kappa shape index (κ3) is 20.0. The van der Waals surface area contributed by atoms with Crippen LogP contribution in [0.5, 0.6) is 0 Å². The molecule has 0 bridgehead atoms. The zero-order valence-electron chi connectivity index (χ0n) is 5.40. The van der Waals surface area contributed by atoms with E-state index in [0.717, 1.165) is 0 Å². The minimum Gasteiger partial charge on any atom is -0.763 e. The van der Waals surface area contributed by atoms with Crippen LogP contribution in [0.25, 0.3) is 0 Å². The second-order valence-electron chi connectivity index (χ2n) is 0.816. The van der Waals surface area contributed by atoms with Crippen molar-refractivity contribution in [2.45, 2.75) is 0 Å². The molecule has 0 aliphatic heterocycles. The quantitative estimate of drug-likeness (QED) is 0.300. The summed E-state index contributed by atoms with van der Waals surface area (Å²) in [6.07, 6.45) is 0. The van der Waals surface area contributed by atoms with Crippen molar-refractivity contribution >= 4 is 40.4 Å². The molecule has 0 rings (SSSR count). The first kappa shape index (κ1) is 20.2. The maximum Gasteiger partial charge on any atom is 4.00 e. The van der Waals surface area contributed by atoms with Crippen molar-refractivity contribution in [3.8, 4) is 0 Å². The molecule has 0 saturated carbocycles. The van der Waals surface area contributed by atoms with Gasteiger partial charge in [0, 0.05) is 40.4 Å². The molecule has 0 heterocycles. The van der Waals surface area contributed by atoms with Crippen molar-refractivity contribution < 1.29 is 75.0 Å². The van der Waals surface area contributed by atoms with Crippen LogP contribution in [0.1, 0.15) is 0 Å². The van der Waals surface area contributed by atoms with Crippen molar-refractivity contribution in [2.75, 3.05) is 0 Å². The Morgan fingerprint density at radius 3 is 0.615 bits per heavy atom. The molecule has 0 saturated heterocycles. The summed E-state index contributed by atoms with van der Waals surface area (Å²) in [7, 11) is -11.8. The van der Waals surface area contributed by atoms with E-state index < -0.39 is 40.4 Å². The molecule has 0 aliphatic rings. The molecule has 4 atom stereocenters. The van der Waals surface area contributed by atoms with E-state index in [9.17, 15) is 0 Å². The molecule has 4 unspecified atom stereocenters. The largest absolute Gasteiger partial charge is 4.00 e. The van der Waals surface area contributed by atoms with Crippen LogP contribution in [-0.4, -0.2) is 35.0 Å². The molecule has 8 nitrogen and oxygen atoms in total. The summed E-state index contributed by atoms with van der Waals surface area (Å²) in [5, 5.41) is 0. The summed E-state index contributed by atoms with van der Waals surface area (Å²) < 4.78 is 72.7. The second kappa shape index (κ2) is 11.8. The second-order valence-corrected chi connectivity index (χ2v) is 5.72. The maximum absolute atomic E-state index is 9.09. The van der Waals surface area contributed by atoms with E-state index in [-0.39, 0.29) is 39.9 Å². The first-order valence-corrected chi connectivity index (χ1v) is 7.00. The summed E-state index contributed by atoms with van der Waals surface area (Å²) >= 11 is 0. The summed E-state index contributed by atoms with van der Waals surface area (Å²) in [5.41, 5.74) is 0. The molecule has 0 aliphatic carbocycles. The van der Waals surface area contributed by atoms with Gasteiger partial charge in [0.1, 0.15) is 0 Å². The van der Waals surface area contributed by atoms with Crippen LogP contribution in [0.4, 0.5) is 0 Å². The van der Waals surface area contributed by atoms with E-state index in [2.05, 4.69) is 0 Å². The number of hydrogen-bond donors (Lipinski definition) is 0. The molecule has 13 heavy (non-hydrogen) atoms. The first-order chi connectivity index (χ1) is 5.29. The van der Waals surface area contributed by atoms with Crippen LogP contribution < -0.4 is 0 Å². The Bertz CT molecular complexity index is 172. The summed E-state index contributed by atoms with van der Waals surface area (Å²) in [5.74, 6) is 0. The molecule has 0 aromatic carbocycles. The minimum atomic E-state index is -2.95. The van der Waals surface area contributed by atoms with Gasteiger partial charge in [0.2, 0.25) is 0 Å². The van der Waals surface area contributed by atoms with Crippen LogP contribution in [0.15, 0.2) is 0 Å². The monoisotopic (exact) mass is 488 g/mol. The summed E-state index contributed by atoms with van der Waals surface area (Å²) in [4.78, 5) is 0. The average molecular weight is 488 g/mol. The van der Waals surface area contributed by atoms with Crippen LogP contribution in [-0.2, 0) is 40.4 Å². The van der Waals surface area contributed by atoms with Gasteiger partial charge < -0.3 is 18.2 Å². The molecule has 13 heteroatoms. The molecule has 0 spiro atoms. The SMILES string of the molecule is O=S([O-])S(=O)[O-].O=S([O-])S(=O)[O-].[Th+4].